The van der Waals surface area contributed by atoms with Crippen molar-refractivity contribution in [3.8, 4) is 11.3 Å². The van der Waals surface area contributed by atoms with Crippen molar-refractivity contribution in [3.05, 3.63) is 48.0 Å². The Morgan fingerprint density at radius 2 is 1.71 bits per heavy atom. The molecule has 1 heterocycles. The van der Waals surface area contributed by atoms with Crippen LogP contribution in [0.3, 0.4) is 0 Å². The maximum Gasteiger partial charge on any atom is 0.389 e. The summed E-state index contributed by atoms with van der Waals surface area (Å²) >= 11 is 0. The molecular formula is C15H15F4NO. The summed E-state index contributed by atoms with van der Waals surface area (Å²) in [5, 5.41) is 2.89. The molecule has 1 N–H and O–H groups in total. The Balaban J connectivity index is 1.79. The topological polar surface area (TPSA) is 25.2 Å². The number of hydrogen-bond acceptors (Lipinski definition) is 2. The quantitative estimate of drug-likeness (QED) is 0.627. The third-order valence-corrected chi connectivity index (χ3v) is 2.90. The van der Waals surface area contributed by atoms with E-state index in [1.807, 2.05) is 0 Å². The summed E-state index contributed by atoms with van der Waals surface area (Å²) < 4.78 is 54.2. The maximum absolute atomic E-state index is 12.8. The molecular weight excluding hydrogens is 286 g/mol. The summed E-state index contributed by atoms with van der Waals surface area (Å²) in [5.41, 5.74) is 0.750. The van der Waals surface area contributed by atoms with E-state index in [0.29, 0.717) is 18.1 Å². The Kier molecular flexibility index (Phi) is 5.01. The number of alkyl halides is 3. The first-order chi connectivity index (χ1) is 9.94. The number of nitrogens with one attached hydrogen (secondary N) is 1. The number of rotatable bonds is 6. The maximum atomic E-state index is 12.8. The fourth-order valence-corrected chi connectivity index (χ4v) is 1.87. The van der Waals surface area contributed by atoms with Crippen LogP contribution < -0.4 is 5.32 Å². The lowest BCUT2D eigenvalue weighted by molar-refractivity contribution is -0.135. The van der Waals surface area contributed by atoms with E-state index < -0.39 is 12.6 Å². The highest BCUT2D eigenvalue weighted by molar-refractivity contribution is 5.57. The highest BCUT2D eigenvalue weighted by Crippen LogP contribution is 2.23. The zero-order valence-electron chi connectivity index (χ0n) is 11.2. The van der Waals surface area contributed by atoms with Gasteiger partial charge < -0.3 is 9.73 Å². The first-order valence-electron chi connectivity index (χ1n) is 6.56. The lowest BCUT2D eigenvalue weighted by Crippen LogP contribution is -2.17. The molecule has 0 fully saturated rings. The van der Waals surface area contributed by atoms with Crippen LogP contribution in [-0.4, -0.2) is 12.7 Å². The van der Waals surface area contributed by atoms with Crippen LogP contribution >= 0.6 is 0 Å². The Morgan fingerprint density at radius 3 is 2.38 bits per heavy atom. The first-order valence-corrected chi connectivity index (χ1v) is 6.56. The van der Waals surface area contributed by atoms with Gasteiger partial charge in [0, 0.05) is 12.0 Å². The van der Waals surface area contributed by atoms with Crippen LogP contribution in [0.25, 0.3) is 11.3 Å². The molecule has 0 bridgehead atoms. The molecule has 0 atom stereocenters. The zero-order valence-corrected chi connectivity index (χ0v) is 11.2. The second-order valence-electron chi connectivity index (χ2n) is 4.67. The van der Waals surface area contributed by atoms with Gasteiger partial charge in [-0.25, -0.2) is 4.39 Å². The number of furan rings is 1. The van der Waals surface area contributed by atoms with E-state index in [4.69, 9.17) is 4.42 Å². The molecule has 0 aliphatic carbocycles. The monoisotopic (exact) mass is 301 g/mol. The van der Waals surface area contributed by atoms with Gasteiger partial charge in [0.25, 0.3) is 0 Å². The van der Waals surface area contributed by atoms with Crippen molar-refractivity contribution in [2.75, 3.05) is 6.54 Å². The Morgan fingerprint density at radius 1 is 1.00 bits per heavy atom. The summed E-state index contributed by atoms with van der Waals surface area (Å²) in [6, 6.07) is 9.39. The van der Waals surface area contributed by atoms with Gasteiger partial charge in [0.15, 0.2) is 0 Å². The van der Waals surface area contributed by atoms with Gasteiger partial charge in [0.05, 0.1) is 6.54 Å². The minimum Gasteiger partial charge on any atom is -0.460 e. The fourth-order valence-electron chi connectivity index (χ4n) is 1.87. The standard InChI is InChI=1S/C15H15F4NO/c16-12-4-2-11(3-5-12)14-7-6-13(21-14)10-20-9-1-8-15(17,18)19/h2-7,20H,1,8-10H2. The van der Waals surface area contributed by atoms with Crippen LogP contribution in [0.1, 0.15) is 18.6 Å². The first kappa shape index (κ1) is 15.6. The summed E-state index contributed by atoms with van der Waals surface area (Å²) in [6.07, 6.45) is -4.86. The van der Waals surface area contributed by atoms with Gasteiger partial charge in [-0.2, -0.15) is 13.2 Å². The molecule has 0 saturated heterocycles. The van der Waals surface area contributed by atoms with Gasteiger partial charge >= 0.3 is 6.18 Å². The van der Waals surface area contributed by atoms with Crippen LogP contribution in [0, 0.1) is 5.82 Å². The summed E-state index contributed by atoms with van der Waals surface area (Å²) in [4.78, 5) is 0. The predicted molar refractivity (Wildman–Crippen MR) is 71.1 cm³/mol. The molecule has 0 radical (unpaired) electrons. The fraction of sp³-hybridized carbons (Fsp3) is 0.333. The molecule has 0 saturated carbocycles. The number of benzene rings is 1. The van der Waals surface area contributed by atoms with E-state index in [9.17, 15) is 17.6 Å². The molecule has 1 aromatic heterocycles. The molecule has 1 aromatic carbocycles. The van der Waals surface area contributed by atoms with Crippen molar-refractivity contribution in [2.24, 2.45) is 0 Å². The van der Waals surface area contributed by atoms with E-state index in [1.54, 1.807) is 24.3 Å². The van der Waals surface area contributed by atoms with Crippen molar-refractivity contribution < 1.29 is 22.0 Å². The molecule has 0 aliphatic heterocycles. The van der Waals surface area contributed by atoms with Crippen LogP contribution in [0.15, 0.2) is 40.8 Å². The molecule has 2 nitrogen and oxygen atoms in total. The molecule has 0 spiro atoms. The van der Waals surface area contributed by atoms with Gasteiger partial charge in [-0.15, -0.1) is 0 Å². The second-order valence-corrected chi connectivity index (χ2v) is 4.67. The number of halogens is 4. The Labute approximate surface area is 119 Å². The average molecular weight is 301 g/mol. The third-order valence-electron chi connectivity index (χ3n) is 2.90. The van der Waals surface area contributed by atoms with E-state index in [-0.39, 0.29) is 18.8 Å². The second kappa shape index (κ2) is 6.76. The van der Waals surface area contributed by atoms with E-state index in [2.05, 4.69) is 5.32 Å². The van der Waals surface area contributed by atoms with Gasteiger partial charge in [0.1, 0.15) is 17.3 Å². The van der Waals surface area contributed by atoms with Crippen LogP contribution in [-0.2, 0) is 6.54 Å². The van der Waals surface area contributed by atoms with Crippen LogP contribution in [0.2, 0.25) is 0 Å². The van der Waals surface area contributed by atoms with Crippen LogP contribution in [0.4, 0.5) is 17.6 Å². The van der Waals surface area contributed by atoms with Gasteiger partial charge in [-0.3, -0.25) is 0 Å². The number of hydrogen-bond donors (Lipinski definition) is 1. The largest absolute Gasteiger partial charge is 0.460 e. The van der Waals surface area contributed by atoms with E-state index >= 15 is 0 Å². The Bertz CT molecular complexity index is 560. The SMILES string of the molecule is Fc1ccc(-c2ccc(CNCCCC(F)(F)F)o2)cc1. The zero-order chi connectivity index (χ0) is 15.3. The third kappa shape index (κ3) is 5.23. The van der Waals surface area contributed by atoms with Crippen LogP contribution in [0.5, 0.6) is 0 Å². The van der Waals surface area contributed by atoms with Crippen molar-refractivity contribution >= 4 is 0 Å². The average Bonchev–Trinajstić information content (AvgIpc) is 2.87. The van der Waals surface area contributed by atoms with Gasteiger partial charge in [0.2, 0.25) is 0 Å². The lowest BCUT2D eigenvalue weighted by Gasteiger charge is -2.06. The molecule has 114 valence electrons. The molecule has 0 unspecified atom stereocenters. The Hall–Kier alpha value is -1.82. The van der Waals surface area contributed by atoms with Crippen molar-refractivity contribution in [1.82, 2.24) is 5.32 Å². The van der Waals surface area contributed by atoms with Gasteiger partial charge in [-0.1, -0.05) is 0 Å². The predicted octanol–water partition coefficient (Wildman–Crippen LogP) is 4.52. The summed E-state index contributed by atoms with van der Waals surface area (Å²) in [5.74, 6) is 0.903. The molecule has 0 aliphatic rings. The minimum absolute atomic E-state index is 0.0367. The molecule has 21 heavy (non-hydrogen) atoms. The van der Waals surface area contributed by atoms with Gasteiger partial charge in [-0.05, 0) is 49.4 Å². The van der Waals surface area contributed by atoms with Crippen molar-refractivity contribution in [3.63, 3.8) is 0 Å². The summed E-state index contributed by atoms with van der Waals surface area (Å²) in [6.45, 7) is 0.630. The molecule has 2 aromatic rings. The van der Waals surface area contributed by atoms with E-state index in [0.717, 1.165) is 5.56 Å². The molecule has 0 amide bonds. The highest BCUT2D eigenvalue weighted by atomic mass is 19.4. The highest BCUT2D eigenvalue weighted by Gasteiger charge is 2.25. The summed E-state index contributed by atoms with van der Waals surface area (Å²) in [7, 11) is 0. The molecule has 6 heteroatoms. The van der Waals surface area contributed by atoms with Crippen molar-refractivity contribution in [1.29, 1.82) is 0 Å². The molecule has 2 rings (SSSR count). The van der Waals surface area contributed by atoms with E-state index in [1.165, 1.54) is 12.1 Å². The minimum atomic E-state index is -4.11. The smallest absolute Gasteiger partial charge is 0.389 e. The normalized spacial score (nSPS) is 11.8. The van der Waals surface area contributed by atoms with Crippen molar-refractivity contribution in [2.45, 2.75) is 25.6 Å². The lowest BCUT2D eigenvalue weighted by atomic mass is 10.2.